The normalized spacial score (nSPS) is 25.3. The summed E-state index contributed by atoms with van der Waals surface area (Å²) < 4.78 is 29.5. The van der Waals surface area contributed by atoms with Gasteiger partial charge in [-0.15, -0.1) is 0 Å². The molecule has 2 bridgehead atoms. The van der Waals surface area contributed by atoms with Crippen LogP contribution < -0.4 is 17.7 Å². The fourth-order valence-electron chi connectivity index (χ4n) is 8.84. The lowest BCUT2D eigenvalue weighted by atomic mass is 9.68. The van der Waals surface area contributed by atoms with Crippen LogP contribution in [0.25, 0.3) is 0 Å². The summed E-state index contributed by atoms with van der Waals surface area (Å²) in [6.07, 6.45) is 6.32. The van der Waals surface area contributed by atoms with Crippen LogP contribution in [0.15, 0.2) is 71.6 Å². The smallest absolute Gasteiger partial charge is 0.179 e. The van der Waals surface area contributed by atoms with E-state index < -0.39 is 27.3 Å². The number of sulfone groups is 1. The average Bonchev–Trinajstić information content (AvgIpc) is 3.17. The van der Waals surface area contributed by atoms with Crippen LogP contribution in [-0.4, -0.2) is 81.1 Å². The average molecular weight is 708 g/mol. The largest absolute Gasteiger partial charge is 1.00 e. The molecule has 2 N–H and O–H groups in total. The monoisotopic (exact) mass is 707 g/mol. The molecule has 8 heteroatoms. The fourth-order valence-corrected chi connectivity index (χ4v) is 11.0. The lowest BCUT2D eigenvalue weighted by molar-refractivity contribution is -0.953. The SMILES string of the molecule is CCCCC1(CCCC)CS(=O)(=O)c2ccc(CNC)cc2[C@@H](c2ccc(CCc3ccc(C[N+]45CCN(CC4)CC5)cc3)cc2)[C@H]1O.[Cl-]. The van der Waals surface area contributed by atoms with Crippen LogP contribution in [0.2, 0.25) is 0 Å². The van der Waals surface area contributed by atoms with Crippen molar-refractivity contribution in [3.8, 4) is 0 Å². The Morgan fingerprint density at radius 3 is 1.90 bits per heavy atom. The van der Waals surface area contributed by atoms with Crippen molar-refractivity contribution in [1.82, 2.24) is 10.2 Å². The van der Waals surface area contributed by atoms with E-state index >= 15 is 0 Å². The van der Waals surface area contributed by atoms with Gasteiger partial charge in [-0.2, -0.15) is 0 Å². The summed E-state index contributed by atoms with van der Waals surface area (Å²) in [5.41, 5.74) is 6.16. The minimum Gasteiger partial charge on any atom is -1.00 e. The number of halogens is 1. The molecule has 6 nitrogen and oxygen atoms in total. The Kier molecular flexibility index (Phi) is 12.7. The maximum atomic E-state index is 14.1. The van der Waals surface area contributed by atoms with Crippen molar-refractivity contribution in [3.05, 3.63) is 100 Å². The van der Waals surface area contributed by atoms with Gasteiger partial charge in [-0.05, 0) is 66.6 Å². The first-order chi connectivity index (χ1) is 23.2. The van der Waals surface area contributed by atoms with Gasteiger partial charge in [0.2, 0.25) is 0 Å². The molecular weight excluding hydrogens is 650 g/mol. The maximum absolute atomic E-state index is 14.1. The molecule has 0 radical (unpaired) electrons. The molecule has 0 aromatic heterocycles. The summed E-state index contributed by atoms with van der Waals surface area (Å²) in [6.45, 7) is 13.7. The second-order valence-electron chi connectivity index (χ2n) is 15.2. The fraction of sp³-hybridized carbons (Fsp3) is 0.561. The summed E-state index contributed by atoms with van der Waals surface area (Å²) in [6, 6.07) is 23.8. The first-order valence-electron chi connectivity index (χ1n) is 18.6. The molecular formula is C41H58ClN3O3S. The molecule has 3 saturated heterocycles. The van der Waals surface area contributed by atoms with Crippen molar-refractivity contribution in [1.29, 1.82) is 0 Å². The van der Waals surface area contributed by atoms with Crippen molar-refractivity contribution < 1.29 is 30.4 Å². The zero-order chi connectivity index (χ0) is 33.8. The van der Waals surface area contributed by atoms with E-state index in [1.54, 1.807) is 6.07 Å². The van der Waals surface area contributed by atoms with Crippen molar-refractivity contribution in [3.63, 3.8) is 0 Å². The third kappa shape index (κ3) is 8.45. The van der Waals surface area contributed by atoms with Crippen molar-refractivity contribution in [2.24, 2.45) is 5.41 Å². The zero-order valence-corrected chi connectivity index (χ0v) is 31.5. The van der Waals surface area contributed by atoms with Gasteiger partial charge in [0, 0.05) is 43.1 Å². The van der Waals surface area contributed by atoms with Gasteiger partial charge < -0.3 is 27.3 Å². The van der Waals surface area contributed by atoms with Gasteiger partial charge in [0.25, 0.3) is 0 Å². The number of fused-ring (bicyclic) bond motifs is 4. The second-order valence-corrected chi connectivity index (χ2v) is 17.2. The van der Waals surface area contributed by atoms with Crippen LogP contribution in [-0.2, 0) is 35.8 Å². The molecule has 0 spiro atoms. The van der Waals surface area contributed by atoms with Crippen molar-refractivity contribution >= 4 is 9.84 Å². The van der Waals surface area contributed by atoms with E-state index in [9.17, 15) is 13.5 Å². The highest BCUT2D eigenvalue weighted by molar-refractivity contribution is 7.91. The van der Waals surface area contributed by atoms with Crippen molar-refractivity contribution in [2.45, 2.75) is 95.2 Å². The molecule has 3 aromatic rings. The Labute approximate surface area is 302 Å². The molecule has 3 aromatic carbocycles. The Balaban J connectivity index is 0.00000468. The Bertz CT molecular complexity index is 1600. The number of aliphatic hydroxyl groups excluding tert-OH is 1. The topological polar surface area (TPSA) is 69.6 Å². The standard InChI is InChI=1S/C41H58N3O3S.ClH/c1-4-6-20-41(21-7-5-2)31-48(46,47)38-19-16-35(29-42-3)28-37(38)39(40(41)45)36-17-14-33(15-18-36)9-8-32-10-12-34(13-11-32)30-44-25-22-43(23-26-44)24-27-44;/h10-19,28,39-40,42,45H,4-9,20-27,29-31H2,1-3H3;1H/q+1;/p-1/t39-,40-;/m1./s1. The van der Waals surface area contributed by atoms with Gasteiger partial charge >= 0.3 is 0 Å². The highest BCUT2D eigenvalue weighted by Crippen LogP contribution is 2.49. The van der Waals surface area contributed by atoms with Crippen LogP contribution in [0, 0.1) is 5.41 Å². The summed E-state index contributed by atoms with van der Waals surface area (Å²) in [4.78, 5) is 2.99. The lowest BCUT2D eigenvalue weighted by Crippen LogP contribution is -3.00. The number of quaternary nitrogens is 1. The van der Waals surface area contributed by atoms with E-state index in [2.05, 4.69) is 72.6 Å². The molecule has 4 aliphatic heterocycles. The van der Waals surface area contributed by atoms with Gasteiger partial charge in [-0.1, -0.05) is 100 Å². The minimum absolute atomic E-state index is 0. The summed E-state index contributed by atoms with van der Waals surface area (Å²) in [5.74, 6) is -0.399. The minimum atomic E-state index is -3.60. The molecule has 0 amide bonds. The number of piperazine rings is 3. The summed E-state index contributed by atoms with van der Waals surface area (Å²) in [7, 11) is -1.69. The zero-order valence-electron chi connectivity index (χ0n) is 30.0. The van der Waals surface area contributed by atoms with Crippen LogP contribution in [0.3, 0.4) is 0 Å². The van der Waals surface area contributed by atoms with Gasteiger partial charge in [-0.3, -0.25) is 4.90 Å². The third-order valence-corrected chi connectivity index (χ3v) is 13.9. The number of nitrogens with zero attached hydrogens (tertiary/aromatic N) is 2. The van der Waals surface area contributed by atoms with Crippen LogP contribution in [0.4, 0.5) is 0 Å². The van der Waals surface area contributed by atoms with Gasteiger partial charge in [0.15, 0.2) is 9.84 Å². The number of unbranched alkanes of at least 4 members (excludes halogenated alkanes) is 2. The van der Waals surface area contributed by atoms with Crippen molar-refractivity contribution in [2.75, 3.05) is 52.1 Å². The molecule has 0 aliphatic carbocycles. The Morgan fingerprint density at radius 1 is 0.816 bits per heavy atom. The third-order valence-electron chi connectivity index (χ3n) is 11.9. The van der Waals surface area contributed by atoms with E-state index in [4.69, 9.17) is 0 Å². The highest BCUT2D eigenvalue weighted by atomic mass is 35.5. The Hall–Kier alpha value is -2.26. The number of aryl methyl sites for hydroxylation is 2. The van der Waals surface area contributed by atoms with E-state index in [0.29, 0.717) is 24.3 Å². The summed E-state index contributed by atoms with van der Waals surface area (Å²) >= 11 is 0. The first-order valence-corrected chi connectivity index (χ1v) is 20.3. The van der Waals surface area contributed by atoms with Crippen LogP contribution in [0.5, 0.6) is 0 Å². The van der Waals surface area contributed by atoms with E-state index in [1.165, 1.54) is 60.4 Å². The molecule has 49 heavy (non-hydrogen) atoms. The van der Waals surface area contributed by atoms with Crippen LogP contribution in [0.1, 0.15) is 91.7 Å². The molecule has 268 valence electrons. The van der Waals surface area contributed by atoms with E-state index in [0.717, 1.165) is 61.8 Å². The summed E-state index contributed by atoms with van der Waals surface area (Å²) in [5, 5.41) is 15.7. The molecule has 3 fully saturated rings. The second kappa shape index (κ2) is 16.4. The van der Waals surface area contributed by atoms with Gasteiger partial charge in [-0.25, -0.2) is 8.42 Å². The predicted molar refractivity (Wildman–Crippen MR) is 196 cm³/mol. The number of aliphatic hydroxyl groups is 1. The molecule has 4 aliphatic rings. The van der Waals surface area contributed by atoms with Gasteiger partial charge in [0.05, 0.1) is 36.4 Å². The number of benzene rings is 3. The van der Waals surface area contributed by atoms with E-state index in [1.807, 2.05) is 19.2 Å². The highest BCUT2D eigenvalue weighted by Gasteiger charge is 2.49. The quantitative estimate of drug-likeness (QED) is 0.251. The molecule has 0 saturated carbocycles. The Morgan fingerprint density at radius 2 is 1.35 bits per heavy atom. The predicted octanol–water partition coefficient (Wildman–Crippen LogP) is 3.49. The molecule has 2 atom stereocenters. The number of nitrogens with one attached hydrogen (secondary N) is 1. The lowest BCUT2D eigenvalue weighted by Gasteiger charge is -2.50. The maximum Gasteiger partial charge on any atom is 0.179 e. The van der Waals surface area contributed by atoms with Gasteiger partial charge in [0.1, 0.15) is 6.54 Å². The molecule has 0 unspecified atom stereocenters. The van der Waals surface area contributed by atoms with Crippen LogP contribution >= 0.6 is 0 Å². The molecule has 7 rings (SSSR count). The number of hydrogen-bond acceptors (Lipinski definition) is 5. The molecule has 4 heterocycles. The first kappa shape index (κ1) is 38.0. The number of rotatable bonds is 14. The van der Waals surface area contributed by atoms with E-state index in [-0.39, 0.29) is 18.2 Å². The number of hydrogen-bond donors (Lipinski definition) is 2.